The van der Waals surface area contributed by atoms with Gasteiger partial charge >= 0.3 is 12.3 Å². The van der Waals surface area contributed by atoms with Gasteiger partial charge < -0.3 is 10.1 Å². The first-order chi connectivity index (χ1) is 5.45. The van der Waals surface area contributed by atoms with E-state index >= 15 is 0 Å². The number of rotatable bonds is 3. The fourth-order valence-electron chi connectivity index (χ4n) is 0.440. The molecule has 72 valence electrons. The van der Waals surface area contributed by atoms with Gasteiger partial charge in [0.2, 0.25) is 0 Å². The Bertz CT molecular complexity index is 148. The van der Waals surface area contributed by atoms with E-state index in [1.165, 1.54) is 7.11 Å². The highest BCUT2D eigenvalue weighted by atomic mass is 19.4. The van der Waals surface area contributed by atoms with Gasteiger partial charge in [-0.25, -0.2) is 10.1 Å². The maximum absolute atomic E-state index is 11.4. The molecule has 7 heteroatoms. The molecule has 0 radical (unpaired) electrons. The van der Waals surface area contributed by atoms with Gasteiger partial charge in [0.1, 0.15) is 0 Å². The first-order valence-electron chi connectivity index (χ1n) is 3.07. The van der Waals surface area contributed by atoms with Gasteiger partial charge in [-0.15, -0.1) is 0 Å². The molecule has 0 aromatic carbocycles. The Morgan fingerprint density at radius 2 is 2.08 bits per heavy atom. The van der Waals surface area contributed by atoms with Crippen LogP contribution in [0.2, 0.25) is 0 Å². The van der Waals surface area contributed by atoms with Crippen molar-refractivity contribution in [1.82, 2.24) is 10.6 Å². The Morgan fingerprint density at radius 1 is 1.50 bits per heavy atom. The van der Waals surface area contributed by atoms with Crippen LogP contribution in [0.1, 0.15) is 0 Å². The normalized spacial score (nSPS) is 11.0. The number of ether oxygens (including phenoxy) is 1. The highest BCUT2D eigenvalue weighted by Gasteiger charge is 2.29. The van der Waals surface area contributed by atoms with Crippen LogP contribution in [0.5, 0.6) is 0 Å². The molecule has 0 aliphatic carbocycles. The summed E-state index contributed by atoms with van der Waals surface area (Å²) in [4.78, 5) is 10.3. The Labute approximate surface area is 67.1 Å². The Hall–Kier alpha value is -0.980. The molecule has 0 rings (SSSR count). The highest BCUT2D eigenvalue weighted by Crippen LogP contribution is 2.08. The molecule has 0 saturated heterocycles. The van der Waals surface area contributed by atoms with Crippen LogP contribution in [-0.4, -0.2) is 32.6 Å². The molecule has 0 aliphatic rings. The molecule has 2 amide bonds. The summed E-state index contributed by atoms with van der Waals surface area (Å²) in [5.41, 5.74) is 0. The van der Waals surface area contributed by atoms with Gasteiger partial charge in [0.05, 0.1) is 6.61 Å². The van der Waals surface area contributed by atoms with E-state index in [1.807, 2.05) is 5.32 Å². The van der Waals surface area contributed by atoms with Crippen molar-refractivity contribution >= 4 is 6.03 Å². The van der Waals surface area contributed by atoms with Gasteiger partial charge in [0.15, 0.2) is 0 Å². The van der Waals surface area contributed by atoms with Crippen LogP contribution >= 0.6 is 0 Å². The van der Waals surface area contributed by atoms with Crippen LogP contribution in [-0.2, 0) is 4.74 Å². The van der Waals surface area contributed by atoms with E-state index in [0.29, 0.717) is 0 Å². The van der Waals surface area contributed by atoms with Crippen molar-refractivity contribution in [1.29, 1.82) is 0 Å². The molecular formula is C5H9F3N2O2. The fourth-order valence-corrected chi connectivity index (χ4v) is 0.440. The van der Waals surface area contributed by atoms with Gasteiger partial charge in [-0.2, -0.15) is 13.2 Å². The summed E-state index contributed by atoms with van der Waals surface area (Å²) in [5.74, 6) is 0. The number of alkyl halides is 3. The quantitative estimate of drug-likeness (QED) is 0.496. The third kappa shape index (κ3) is 7.13. The molecule has 4 nitrogen and oxygen atoms in total. The third-order valence-corrected chi connectivity index (χ3v) is 0.847. The summed E-state index contributed by atoms with van der Waals surface area (Å²) in [5, 5.41) is 2.72. The van der Waals surface area contributed by atoms with Crippen molar-refractivity contribution < 1.29 is 22.7 Å². The standard InChI is InChI=1S/C5H9F3N2O2/c1-12-3-2-9-4(11)10-5(6,7)8/h2-3H2,1H3,(H2,9,10,11). The zero-order valence-corrected chi connectivity index (χ0v) is 6.36. The second-order valence-corrected chi connectivity index (χ2v) is 1.87. The van der Waals surface area contributed by atoms with E-state index in [2.05, 4.69) is 4.74 Å². The lowest BCUT2D eigenvalue weighted by Gasteiger charge is -2.09. The SMILES string of the molecule is COCCNC(=O)NC(F)(F)F. The molecule has 0 aromatic heterocycles. The van der Waals surface area contributed by atoms with Crippen molar-refractivity contribution in [3.05, 3.63) is 0 Å². The fraction of sp³-hybridized carbons (Fsp3) is 0.800. The van der Waals surface area contributed by atoms with Gasteiger partial charge in [0.25, 0.3) is 0 Å². The van der Waals surface area contributed by atoms with Crippen LogP contribution in [0.3, 0.4) is 0 Å². The van der Waals surface area contributed by atoms with Gasteiger partial charge in [-0.3, -0.25) is 0 Å². The van der Waals surface area contributed by atoms with Crippen LogP contribution in [0.25, 0.3) is 0 Å². The number of urea groups is 1. The van der Waals surface area contributed by atoms with Crippen molar-refractivity contribution in [3.63, 3.8) is 0 Å². The minimum Gasteiger partial charge on any atom is -0.383 e. The Kier molecular flexibility index (Phi) is 4.42. The number of hydrogen-bond acceptors (Lipinski definition) is 2. The topological polar surface area (TPSA) is 50.4 Å². The lowest BCUT2D eigenvalue weighted by Crippen LogP contribution is -2.44. The number of nitrogens with one attached hydrogen (secondary N) is 2. The van der Waals surface area contributed by atoms with Crippen LogP contribution in [0.4, 0.5) is 18.0 Å². The largest absolute Gasteiger partial charge is 0.485 e. The monoisotopic (exact) mass is 186 g/mol. The van der Waals surface area contributed by atoms with Crippen molar-refractivity contribution in [2.75, 3.05) is 20.3 Å². The van der Waals surface area contributed by atoms with E-state index < -0.39 is 12.3 Å². The number of halogens is 3. The van der Waals surface area contributed by atoms with Crippen LogP contribution in [0.15, 0.2) is 0 Å². The van der Waals surface area contributed by atoms with E-state index in [4.69, 9.17) is 0 Å². The van der Waals surface area contributed by atoms with Gasteiger partial charge in [-0.05, 0) is 0 Å². The average Bonchev–Trinajstić information content (AvgIpc) is 1.84. The smallest absolute Gasteiger partial charge is 0.383 e. The van der Waals surface area contributed by atoms with Gasteiger partial charge in [0, 0.05) is 13.7 Å². The predicted octanol–water partition coefficient (Wildman–Crippen LogP) is 0.452. The van der Waals surface area contributed by atoms with Crippen molar-refractivity contribution in [3.8, 4) is 0 Å². The second kappa shape index (κ2) is 4.81. The molecule has 2 N–H and O–H groups in total. The molecule has 0 aliphatic heterocycles. The van der Waals surface area contributed by atoms with E-state index in [1.54, 1.807) is 0 Å². The van der Waals surface area contributed by atoms with Crippen molar-refractivity contribution in [2.24, 2.45) is 0 Å². The molecule has 0 bridgehead atoms. The number of hydrogen-bond donors (Lipinski definition) is 2. The molecular weight excluding hydrogens is 177 g/mol. The number of carbonyl (C=O) groups excluding carboxylic acids is 1. The summed E-state index contributed by atoms with van der Waals surface area (Å²) < 4.78 is 38.7. The first kappa shape index (κ1) is 11.0. The Balaban J connectivity index is 3.47. The summed E-state index contributed by atoms with van der Waals surface area (Å²) in [6.45, 7) is 0.212. The lowest BCUT2D eigenvalue weighted by molar-refractivity contribution is -0.145. The van der Waals surface area contributed by atoms with E-state index in [0.717, 1.165) is 5.32 Å². The molecule has 0 unspecified atom stereocenters. The molecule has 0 fully saturated rings. The predicted molar refractivity (Wildman–Crippen MR) is 34.5 cm³/mol. The number of amides is 2. The zero-order valence-electron chi connectivity index (χ0n) is 6.36. The maximum Gasteiger partial charge on any atom is 0.485 e. The second-order valence-electron chi connectivity index (χ2n) is 1.87. The summed E-state index contributed by atoms with van der Waals surface area (Å²) >= 11 is 0. The third-order valence-electron chi connectivity index (χ3n) is 0.847. The summed E-state index contributed by atoms with van der Waals surface area (Å²) in [6, 6.07) is -1.28. The zero-order chi connectivity index (χ0) is 9.61. The maximum atomic E-state index is 11.4. The molecule has 0 saturated carbocycles. The van der Waals surface area contributed by atoms with Crippen LogP contribution in [0, 0.1) is 0 Å². The molecule has 0 atom stereocenters. The average molecular weight is 186 g/mol. The molecule has 0 aromatic rings. The van der Waals surface area contributed by atoms with Gasteiger partial charge in [-0.1, -0.05) is 0 Å². The highest BCUT2D eigenvalue weighted by molar-refractivity contribution is 5.74. The van der Waals surface area contributed by atoms with Crippen LogP contribution < -0.4 is 10.6 Å². The Morgan fingerprint density at radius 3 is 2.50 bits per heavy atom. The van der Waals surface area contributed by atoms with E-state index in [-0.39, 0.29) is 13.2 Å². The molecule has 12 heavy (non-hydrogen) atoms. The number of carbonyl (C=O) groups is 1. The summed E-state index contributed by atoms with van der Waals surface area (Å²) in [6.07, 6.45) is -4.68. The summed E-state index contributed by atoms with van der Waals surface area (Å²) in [7, 11) is 1.38. The van der Waals surface area contributed by atoms with Crippen molar-refractivity contribution in [2.45, 2.75) is 6.30 Å². The van der Waals surface area contributed by atoms with E-state index in [9.17, 15) is 18.0 Å². The minimum absolute atomic E-state index is 0.0401. The minimum atomic E-state index is -4.68. The first-order valence-corrected chi connectivity index (χ1v) is 3.07. The number of methoxy groups -OCH3 is 1. The molecule has 0 spiro atoms. The molecule has 0 heterocycles. The lowest BCUT2D eigenvalue weighted by atomic mass is 10.7.